The number of hydrogen-bond acceptors (Lipinski definition) is 5. The predicted molar refractivity (Wildman–Crippen MR) is 87.3 cm³/mol. The molecular weight excluding hydrogens is 312 g/mol. The van der Waals surface area contributed by atoms with Crippen LogP contribution in [0.25, 0.3) is 10.8 Å². The Morgan fingerprint density at radius 2 is 2.17 bits per heavy atom. The lowest BCUT2D eigenvalue weighted by Gasteiger charge is -2.26. The van der Waals surface area contributed by atoms with Gasteiger partial charge in [-0.1, -0.05) is 12.1 Å². The topological polar surface area (TPSA) is 86.1 Å². The van der Waals surface area contributed by atoms with E-state index in [0.29, 0.717) is 23.9 Å². The summed E-state index contributed by atoms with van der Waals surface area (Å²) < 4.78 is 27.9. The summed E-state index contributed by atoms with van der Waals surface area (Å²) in [5.74, 6) is 0. The quantitative estimate of drug-likeness (QED) is 0.901. The molecule has 1 N–H and O–H groups in total. The Kier molecular flexibility index (Phi) is 4.31. The third kappa shape index (κ3) is 2.81. The van der Waals surface area contributed by atoms with Gasteiger partial charge < -0.3 is 5.32 Å². The molecular formula is C16H18N4O2S. The van der Waals surface area contributed by atoms with E-state index in [1.807, 2.05) is 6.92 Å². The number of fused-ring (bicyclic) bond motifs is 1. The smallest absolute Gasteiger partial charge is 0.244 e. The molecule has 2 heterocycles. The number of rotatable bonds is 2. The number of nitriles is 1. The lowest BCUT2D eigenvalue weighted by atomic mass is 10.1. The number of nitrogens with zero attached hydrogens (tertiary/aromatic N) is 3. The van der Waals surface area contributed by atoms with Gasteiger partial charge in [0.15, 0.2) is 0 Å². The van der Waals surface area contributed by atoms with E-state index in [1.54, 1.807) is 24.4 Å². The van der Waals surface area contributed by atoms with Crippen LogP contribution in [0.1, 0.15) is 18.9 Å². The van der Waals surface area contributed by atoms with Crippen LogP contribution in [0.2, 0.25) is 0 Å². The van der Waals surface area contributed by atoms with Crippen LogP contribution in [0.4, 0.5) is 0 Å². The monoisotopic (exact) mass is 330 g/mol. The molecule has 1 aromatic heterocycles. The minimum Gasteiger partial charge on any atom is -0.315 e. The third-order valence-corrected chi connectivity index (χ3v) is 6.25. The minimum absolute atomic E-state index is 0.0855. The van der Waals surface area contributed by atoms with E-state index in [2.05, 4.69) is 16.4 Å². The Morgan fingerprint density at radius 3 is 2.96 bits per heavy atom. The first-order chi connectivity index (χ1) is 11.1. The van der Waals surface area contributed by atoms with Gasteiger partial charge in [-0.3, -0.25) is 4.98 Å². The highest BCUT2D eigenvalue weighted by Gasteiger charge is 2.31. The summed E-state index contributed by atoms with van der Waals surface area (Å²) in [6.07, 6.45) is 3.76. The number of aromatic nitrogens is 1. The second-order valence-corrected chi connectivity index (χ2v) is 7.52. The fourth-order valence-corrected chi connectivity index (χ4v) is 4.87. The summed E-state index contributed by atoms with van der Waals surface area (Å²) in [5, 5.41) is 13.7. The fourth-order valence-electron chi connectivity index (χ4n) is 2.97. The van der Waals surface area contributed by atoms with Crippen molar-refractivity contribution in [2.75, 3.05) is 19.6 Å². The maximum atomic E-state index is 13.2. The van der Waals surface area contributed by atoms with Gasteiger partial charge in [0.25, 0.3) is 0 Å². The second-order valence-electron chi connectivity index (χ2n) is 5.66. The molecule has 0 amide bonds. The van der Waals surface area contributed by atoms with Gasteiger partial charge in [-0.15, -0.1) is 0 Å². The predicted octanol–water partition coefficient (Wildman–Crippen LogP) is 1.48. The highest BCUT2D eigenvalue weighted by atomic mass is 32.2. The number of pyridine rings is 1. The average molecular weight is 330 g/mol. The van der Waals surface area contributed by atoms with Crippen molar-refractivity contribution in [1.82, 2.24) is 14.6 Å². The van der Waals surface area contributed by atoms with Crippen LogP contribution in [-0.2, 0) is 10.0 Å². The van der Waals surface area contributed by atoms with Crippen LogP contribution in [0.5, 0.6) is 0 Å². The van der Waals surface area contributed by atoms with Crippen molar-refractivity contribution < 1.29 is 8.42 Å². The third-order valence-electron chi connectivity index (χ3n) is 4.19. The molecule has 1 aliphatic heterocycles. The molecule has 7 heteroatoms. The molecule has 6 nitrogen and oxygen atoms in total. The number of nitrogens with one attached hydrogen (secondary N) is 1. The number of benzene rings is 1. The summed E-state index contributed by atoms with van der Waals surface area (Å²) in [6, 6.07) is 7.01. The molecule has 1 unspecified atom stereocenters. The molecule has 0 saturated carbocycles. The van der Waals surface area contributed by atoms with Crippen molar-refractivity contribution in [1.29, 1.82) is 5.26 Å². The molecule has 0 radical (unpaired) electrons. The van der Waals surface area contributed by atoms with Gasteiger partial charge in [-0.05, 0) is 26.0 Å². The molecule has 1 atom stereocenters. The SMILES string of the molecule is CC1CCNCCN1S(=O)(=O)c1cccc2cncc(C#N)c12. The summed E-state index contributed by atoms with van der Waals surface area (Å²) in [5.41, 5.74) is 0.280. The van der Waals surface area contributed by atoms with E-state index in [-0.39, 0.29) is 16.5 Å². The Balaban J connectivity index is 2.21. The van der Waals surface area contributed by atoms with Crippen molar-refractivity contribution in [3.8, 4) is 6.07 Å². The van der Waals surface area contributed by atoms with E-state index in [0.717, 1.165) is 13.0 Å². The van der Waals surface area contributed by atoms with E-state index < -0.39 is 10.0 Å². The standard InChI is InChI=1S/C16H18N4O2S/c1-12-5-6-18-7-8-20(12)23(21,22)15-4-2-3-13-10-19-11-14(9-17)16(13)15/h2-4,10-12,18H,5-8H2,1H3. The first kappa shape index (κ1) is 15.9. The highest BCUT2D eigenvalue weighted by Crippen LogP contribution is 2.29. The van der Waals surface area contributed by atoms with Crippen LogP contribution in [0.15, 0.2) is 35.5 Å². The lowest BCUT2D eigenvalue weighted by Crippen LogP contribution is -2.39. The van der Waals surface area contributed by atoms with Crippen molar-refractivity contribution in [2.45, 2.75) is 24.3 Å². The summed E-state index contributed by atoms with van der Waals surface area (Å²) in [7, 11) is -3.68. The van der Waals surface area contributed by atoms with Gasteiger partial charge in [0.05, 0.1) is 10.5 Å². The van der Waals surface area contributed by atoms with Crippen LogP contribution in [0, 0.1) is 11.3 Å². The largest absolute Gasteiger partial charge is 0.315 e. The van der Waals surface area contributed by atoms with E-state index in [4.69, 9.17) is 0 Å². The first-order valence-corrected chi connectivity index (χ1v) is 8.99. The molecule has 0 bridgehead atoms. The van der Waals surface area contributed by atoms with Crippen LogP contribution >= 0.6 is 0 Å². The average Bonchev–Trinajstić information content (AvgIpc) is 2.78. The fraction of sp³-hybridized carbons (Fsp3) is 0.375. The molecule has 0 spiro atoms. The zero-order valence-corrected chi connectivity index (χ0v) is 13.7. The van der Waals surface area contributed by atoms with Gasteiger partial charge in [0, 0.05) is 42.3 Å². The Morgan fingerprint density at radius 1 is 1.35 bits per heavy atom. The van der Waals surface area contributed by atoms with Gasteiger partial charge >= 0.3 is 0 Å². The molecule has 3 rings (SSSR count). The van der Waals surface area contributed by atoms with Crippen molar-refractivity contribution in [3.63, 3.8) is 0 Å². The van der Waals surface area contributed by atoms with Crippen LogP contribution < -0.4 is 5.32 Å². The van der Waals surface area contributed by atoms with Gasteiger partial charge in [0.2, 0.25) is 10.0 Å². The van der Waals surface area contributed by atoms with Crippen molar-refractivity contribution in [2.24, 2.45) is 0 Å². The summed E-state index contributed by atoms with van der Waals surface area (Å²) >= 11 is 0. The molecule has 1 fully saturated rings. The molecule has 23 heavy (non-hydrogen) atoms. The lowest BCUT2D eigenvalue weighted by molar-refractivity contribution is 0.350. The minimum atomic E-state index is -3.68. The molecule has 0 aliphatic carbocycles. The van der Waals surface area contributed by atoms with Gasteiger partial charge in [-0.25, -0.2) is 8.42 Å². The molecule has 120 valence electrons. The molecule has 1 saturated heterocycles. The molecule has 2 aromatic rings. The highest BCUT2D eigenvalue weighted by molar-refractivity contribution is 7.89. The maximum Gasteiger partial charge on any atom is 0.244 e. The van der Waals surface area contributed by atoms with Gasteiger partial charge in [0.1, 0.15) is 6.07 Å². The zero-order chi connectivity index (χ0) is 16.4. The summed E-state index contributed by atoms with van der Waals surface area (Å²) in [4.78, 5) is 4.19. The van der Waals surface area contributed by atoms with E-state index >= 15 is 0 Å². The first-order valence-electron chi connectivity index (χ1n) is 7.55. The van der Waals surface area contributed by atoms with E-state index in [9.17, 15) is 13.7 Å². The normalized spacial score (nSPS) is 20.1. The molecule has 1 aliphatic rings. The van der Waals surface area contributed by atoms with Crippen LogP contribution in [-0.4, -0.2) is 43.4 Å². The number of hydrogen-bond donors (Lipinski definition) is 1. The Labute approximate surface area is 135 Å². The van der Waals surface area contributed by atoms with E-state index in [1.165, 1.54) is 10.5 Å². The maximum absolute atomic E-state index is 13.2. The molecule has 1 aromatic carbocycles. The van der Waals surface area contributed by atoms with Crippen molar-refractivity contribution in [3.05, 3.63) is 36.2 Å². The second kappa shape index (κ2) is 6.24. The van der Waals surface area contributed by atoms with Crippen LogP contribution in [0.3, 0.4) is 0 Å². The summed E-state index contributed by atoms with van der Waals surface area (Å²) in [6.45, 7) is 3.77. The Bertz CT molecular complexity index is 868. The van der Waals surface area contributed by atoms with Crippen molar-refractivity contribution >= 4 is 20.8 Å². The Hall–Kier alpha value is -2.01. The van der Waals surface area contributed by atoms with Gasteiger partial charge in [-0.2, -0.15) is 9.57 Å². The zero-order valence-electron chi connectivity index (χ0n) is 12.9. The number of sulfonamides is 1.